The average molecular weight is 471 g/mol. The molecule has 8 heteroatoms. The Morgan fingerprint density at radius 1 is 0.941 bits per heavy atom. The van der Waals surface area contributed by atoms with Crippen LogP contribution < -0.4 is 14.8 Å². The van der Waals surface area contributed by atoms with Gasteiger partial charge in [0.1, 0.15) is 27.9 Å². The lowest BCUT2D eigenvalue weighted by Crippen LogP contribution is -2.14. The minimum atomic E-state index is -0.302. The summed E-state index contributed by atoms with van der Waals surface area (Å²) in [7, 11) is 3.18. The molecule has 0 spiro atoms. The van der Waals surface area contributed by atoms with E-state index in [1.54, 1.807) is 19.6 Å². The third-order valence-corrected chi connectivity index (χ3v) is 6.38. The highest BCUT2D eigenvalue weighted by Gasteiger charge is 2.20. The Bertz CT molecular complexity index is 1490. The van der Waals surface area contributed by atoms with Crippen LogP contribution in [0.25, 0.3) is 27.5 Å². The van der Waals surface area contributed by atoms with E-state index >= 15 is 0 Å². The maximum Gasteiger partial charge on any atom is 0.276 e. The molecule has 0 unspecified atom stereocenters. The molecule has 34 heavy (non-hydrogen) atoms. The second-order valence-electron chi connectivity index (χ2n) is 7.62. The SMILES string of the molecule is COc1ccc(-c2nc(C(=O)Nc3c(-c4ccccc4)nc4c(C)cccn34)cs2)cc1OC. The molecule has 3 aromatic heterocycles. The Morgan fingerprint density at radius 2 is 1.74 bits per heavy atom. The molecule has 5 rings (SSSR count). The Balaban J connectivity index is 1.50. The van der Waals surface area contributed by atoms with Crippen molar-refractivity contribution in [2.75, 3.05) is 19.5 Å². The highest BCUT2D eigenvalue weighted by Crippen LogP contribution is 2.34. The highest BCUT2D eigenvalue weighted by molar-refractivity contribution is 7.13. The van der Waals surface area contributed by atoms with Gasteiger partial charge >= 0.3 is 0 Å². The molecule has 3 heterocycles. The molecule has 7 nitrogen and oxygen atoms in total. The van der Waals surface area contributed by atoms with Crippen LogP contribution in [0.2, 0.25) is 0 Å². The molecule has 0 saturated heterocycles. The normalized spacial score (nSPS) is 10.9. The van der Waals surface area contributed by atoms with E-state index < -0.39 is 0 Å². The Labute approximate surface area is 200 Å². The second-order valence-corrected chi connectivity index (χ2v) is 8.48. The molecule has 1 amide bonds. The third-order valence-electron chi connectivity index (χ3n) is 5.49. The van der Waals surface area contributed by atoms with Crippen molar-refractivity contribution in [2.45, 2.75) is 6.92 Å². The van der Waals surface area contributed by atoms with E-state index in [-0.39, 0.29) is 5.91 Å². The summed E-state index contributed by atoms with van der Waals surface area (Å²) in [6, 6.07) is 19.3. The van der Waals surface area contributed by atoms with Crippen LogP contribution in [-0.2, 0) is 0 Å². The Morgan fingerprint density at radius 3 is 2.50 bits per heavy atom. The number of carbonyl (C=O) groups excluding carboxylic acids is 1. The summed E-state index contributed by atoms with van der Waals surface area (Å²) < 4.78 is 12.6. The summed E-state index contributed by atoms with van der Waals surface area (Å²) in [6.45, 7) is 2.00. The highest BCUT2D eigenvalue weighted by atomic mass is 32.1. The number of rotatable bonds is 6. The van der Waals surface area contributed by atoms with E-state index in [0.29, 0.717) is 33.7 Å². The standard InChI is InChI=1S/C26H22N4O3S/c1-16-8-7-13-30-23(16)28-22(17-9-5-4-6-10-17)24(30)29-25(31)19-15-34-26(27-19)18-11-12-20(32-2)21(14-18)33-3/h4-15H,1-3H3,(H,29,31). The molecule has 5 aromatic rings. The number of methoxy groups -OCH3 is 2. The van der Waals surface area contributed by atoms with Gasteiger partial charge in [0.15, 0.2) is 11.5 Å². The summed E-state index contributed by atoms with van der Waals surface area (Å²) in [4.78, 5) is 22.6. The van der Waals surface area contributed by atoms with Crippen LogP contribution in [0, 0.1) is 6.92 Å². The van der Waals surface area contributed by atoms with E-state index in [1.165, 1.54) is 11.3 Å². The number of aryl methyl sites for hydroxylation is 1. The van der Waals surface area contributed by atoms with Crippen molar-refractivity contribution in [2.24, 2.45) is 0 Å². The number of fused-ring (bicyclic) bond motifs is 1. The summed E-state index contributed by atoms with van der Waals surface area (Å²) in [5, 5.41) is 5.50. The van der Waals surface area contributed by atoms with Gasteiger partial charge in [0.25, 0.3) is 5.91 Å². The molecule has 0 atom stereocenters. The first-order valence-electron chi connectivity index (χ1n) is 10.6. The molecule has 0 fully saturated rings. The number of nitrogens with one attached hydrogen (secondary N) is 1. The lowest BCUT2D eigenvalue weighted by atomic mass is 10.1. The van der Waals surface area contributed by atoms with Gasteiger partial charge in [0.2, 0.25) is 0 Å². The fraction of sp³-hybridized carbons (Fsp3) is 0.115. The summed E-state index contributed by atoms with van der Waals surface area (Å²) >= 11 is 1.39. The van der Waals surface area contributed by atoms with Crippen molar-refractivity contribution in [3.05, 3.63) is 83.5 Å². The van der Waals surface area contributed by atoms with Gasteiger partial charge in [-0.2, -0.15) is 0 Å². The predicted molar refractivity (Wildman–Crippen MR) is 134 cm³/mol. The minimum Gasteiger partial charge on any atom is -0.493 e. The van der Waals surface area contributed by atoms with Gasteiger partial charge in [-0.05, 0) is 36.8 Å². The van der Waals surface area contributed by atoms with Gasteiger partial charge in [0, 0.05) is 22.7 Å². The quantitative estimate of drug-likeness (QED) is 0.344. The largest absolute Gasteiger partial charge is 0.493 e. The number of thiazole rings is 1. The van der Waals surface area contributed by atoms with Crippen molar-refractivity contribution < 1.29 is 14.3 Å². The molecule has 0 saturated carbocycles. The molecule has 0 aliphatic heterocycles. The first-order valence-corrected chi connectivity index (χ1v) is 11.5. The van der Waals surface area contributed by atoms with Gasteiger partial charge in [-0.25, -0.2) is 9.97 Å². The lowest BCUT2D eigenvalue weighted by molar-refractivity contribution is 0.102. The first kappa shape index (κ1) is 21.7. The minimum absolute atomic E-state index is 0.302. The van der Waals surface area contributed by atoms with Crippen LogP contribution in [0.5, 0.6) is 11.5 Å². The van der Waals surface area contributed by atoms with Crippen LogP contribution >= 0.6 is 11.3 Å². The van der Waals surface area contributed by atoms with Gasteiger partial charge in [0.05, 0.1) is 14.2 Å². The smallest absolute Gasteiger partial charge is 0.276 e. The number of hydrogen-bond donors (Lipinski definition) is 1. The molecule has 1 N–H and O–H groups in total. The van der Waals surface area contributed by atoms with Crippen LogP contribution in [-0.4, -0.2) is 34.5 Å². The number of hydrogen-bond acceptors (Lipinski definition) is 6. The number of imidazole rings is 1. The second kappa shape index (κ2) is 8.99. The third kappa shape index (κ3) is 3.88. The zero-order chi connectivity index (χ0) is 23.7. The van der Waals surface area contributed by atoms with Crippen LogP contribution in [0.1, 0.15) is 16.1 Å². The van der Waals surface area contributed by atoms with Crippen LogP contribution in [0.15, 0.2) is 72.2 Å². The average Bonchev–Trinajstić information content (AvgIpc) is 3.51. The van der Waals surface area contributed by atoms with Gasteiger partial charge in [-0.15, -0.1) is 11.3 Å². The van der Waals surface area contributed by atoms with Crippen LogP contribution in [0.4, 0.5) is 5.82 Å². The Hall–Kier alpha value is -4.17. The van der Waals surface area contributed by atoms with E-state index in [9.17, 15) is 4.79 Å². The zero-order valence-electron chi connectivity index (χ0n) is 18.9. The van der Waals surface area contributed by atoms with Crippen LogP contribution in [0.3, 0.4) is 0 Å². The number of benzene rings is 2. The van der Waals surface area contributed by atoms with Crippen molar-refractivity contribution in [1.29, 1.82) is 0 Å². The summed E-state index contributed by atoms with van der Waals surface area (Å²) in [5.74, 6) is 1.55. The van der Waals surface area contributed by atoms with Gasteiger partial charge in [-0.1, -0.05) is 36.4 Å². The van der Waals surface area contributed by atoms with E-state index in [4.69, 9.17) is 14.5 Å². The van der Waals surface area contributed by atoms with Crippen molar-refractivity contribution >= 4 is 28.7 Å². The van der Waals surface area contributed by atoms with Crippen molar-refractivity contribution in [3.8, 4) is 33.3 Å². The number of ether oxygens (including phenoxy) is 2. The van der Waals surface area contributed by atoms with E-state index in [2.05, 4.69) is 10.3 Å². The predicted octanol–water partition coefficient (Wildman–Crippen LogP) is 5.70. The maximum atomic E-state index is 13.2. The molecule has 170 valence electrons. The van der Waals surface area contributed by atoms with Crippen molar-refractivity contribution in [1.82, 2.24) is 14.4 Å². The van der Waals surface area contributed by atoms with Gasteiger partial charge < -0.3 is 14.8 Å². The molecule has 2 aromatic carbocycles. The molecule has 0 bridgehead atoms. The van der Waals surface area contributed by atoms with Crippen molar-refractivity contribution in [3.63, 3.8) is 0 Å². The fourth-order valence-electron chi connectivity index (χ4n) is 3.77. The fourth-order valence-corrected chi connectivity index (χ4v) is 4.57. The monoisotopic (exact) mass is 470 g/mol. The molecule has 0 aliphatic rings. The zero-order valence-corrected chi connectivity index (χ0v) is 19.7. The number of anilines is 1. The maximum absolute atomic E-state index is 13.2. The number of aromatic nitrogens is 3. The first-order chi connectivity index (χ1) is 16.6. The van der Waals surface area contributed by atoms with E-state index in [0.717, 1.165) is 22.3 Å². The number of carbonyl (C=O) groups is 1. The van der Waals surface area contributed by atoms with Gasteiger partial charge in [-0.3, -0.25) is 9.20 Å². The number of pyridine rings is 1. The molecular weight excluding hydrogens is 448 g/mol. The number of nitrogens with zero attached hydrogens (tertiary/aromatic N) is 3. The summed E-state index contributed by atoms with van der Waals surface area (Å²) in [5.41, 5.74) is 4.61. The Kier molecular flexibility index (Phi) is 5.73. The van der Waals surface area contributed by atoms with E-state index in [1.807, 2.05) is 78.2 Å². The lowest BCUT2D eigenvalue weighted by Gasteiger charge is -2.08. The number of amides is 1. The molecular formula is C26H22N4O3S. The summed E-state index contributed by atoms with van der Waals surface area (Å²) in [6.07, 6.45) is 1.90. The molecule has 0 aliphatic carbocycles. The molecule has 0 radical (unpaired) electrons. The topological polar surface area (TPSA) is 77.8 Å².